The SMILES string of the molecule is Brc1cccc(-c2nncn2C2CC2)n1.Nc1cc2c(cc1F)CNC2=O.O=C(Cc1cc2c(cc1F)CN(c1cccc(-c3nncn3C3CC3)n1)C2=O)C1CC1.O=C(Cl)C1CC1.O=C1NCc2cc(F)c(CC(=O)C3CC3)cc21. The molecule has 5 saturated carbocycles. The van der Waals surface area contributed by atoms with Crippen LogP contribution in [0.1, 0.15) is 135 Å². The number of rotatable bonds is 12. The fraction of sp³-hybridized carbons (Fsp3) is 0.345. The number of Topliss-reactive ketones (excluding diaryl/α,β-unsaturated/α-hetero) is 2. The zero-order valence-corrected chi connectivity index (χ0v) is 45.9. The largest absolute Gasteiger partial charge is 0.396 e. The number of fused-ring (bicyclic) bond motifs is 3. The van der Waals surface area contributed by atoms with Crippen molar-refractivity contribution in [1.82, 2.24) is 50.1 Å². The number of nitrogens with two attached hydrogens (primary N) is 1. The molecule has 4 aromatic heterocycles. The minimum atomic E-state index is -0.467. The molecule has 416 valence electrons. The monoisotopic (exact) mass is 1180 g/mol. The molecule has 0 atom stereocenters. The Labute approximate surface area is 475 Å². The van der Waals surface area contributed by atoms with E-state index >= 15 is 0 Å². The Kier molecular flexibility index (Phi) is 15.8. The Balaban J connectivity index is 0.000000117. The van der Waals surface area contributed by atoms with E-state index < -0.39 is 11.6 Å². The van der Waals surface area contributed by atoms with Crippen molar-refractivity contribution >= 4 is 73.6 Å². The van der Waals surface area contributed by atoms with Crippen LogP contribution < -0.4 is 21.3 Å². The van der Waals surface area contributed by atoms with E-state index in [2.05, 4.69) is 61.5 Å². The maximum absolute atomic E-state index is 14.6. The van der Waals surface area contributed by atoms with Crippen molar-refractivity contribution in [1.29, 1.82) is 0 Å². The first kappa shape index (κ1) is 55.0. The van der Waals surface area contributed by atoms with Gasteiger partial charge in [-0.05, 0) is 180 Å². The van der Waals surface area contributed by atoms with Gasteiger partial charge < -0.3 is 25.5 Å². The van der Waals surface area contributed by atoms with Gasteiger partial charge in [-0.3, -0.25) is 33.7 Å². The van der Waals surface area contributed by atoms with Crippen molar-refractivity contribution < 1.29 is 41.9 Å². The third-order valence-corrected chi connectivity index (χ3v) is 15.6. The molecule has 5 fully saturated rings. The van der Waals surface area contributed by atoms with Crippen LogP contribution in [-0.4, -0.2) is 74.0 Å². The fourth-order valence-electron chi connectivity index (χ4n) is 9.49. The van der Waals surface area contributed by atoms with Gasteiger partial charge >= 0.3 is 0 Å². The lowest BCUT2D eigenvalue weighted by Gasteiger charge is -2.15. The molecule has 0 spiro atoms. The Bertz CT molecular complexity index is 3670. The number of ketones is 2. The first-order chi connectivity index (χ1) is 39.1. The van der Waals surface area contributed by atoms with Crippen LogP contribution in [0.5, 0.6) is 0 Å². The molecule has 81 heavy (non-hydrogen) atoms. The summed E-state index contributed by atoms with van der Waals surface area (Å²) < 4.78 is 46.1. The number of nitrogens with one attached hydrogen (secondary N) is 2. The summed E-state index contributed by atoms with van der Waals surface area (Å²) in [6.07, 6.45) is 13.9. The van der Waals surface area contributed by atoms with E-state index in [1.54, 1.807) is 24.8 Å². The smallest absolute Gasteiger partial charge is 0.260 e. The van der Waals surface area contributed by atoms with Gasteiger partial charge in [-0.15, -0.1) is 20.4 Å². The standard InChI is InChI=1S/C23H20FN5O2.C13H12FNO2.C10H9BrN4.C8H7FN2O.C4H5ClO/c24-18-9-15-11-28(23(31)17(15)8-14(18)10-20(30)13-4-5-13)21-3-1-2-19(26-21)22-27-25-12-29(22)16-6-7-16;14-11-4-9-6-15-13(17)10(9)3-8(11)5-12(16)7-1-2-7;11-9-3-1-2-8(13-9)10-14-12-6-15(10)7-4-5-7;9-6-1-4-3-11-8(12)5(4)2-7(6)10;5-4(6)3-1-2-3/h1-3,8-9,12-13,16H,4-7,10-11H2;3-4,7H,1-2,5-6H2,(H,15,17);1-3,6-7H,4-5H2;1-2H,3,10H2,(H,11,12);3H,1-2H2. The van der Waals surface area contributed by atoms with Crippen LogP contribution in [0.2, 0.25) is 0 Å². The Morgan fingerprint density at radius 3 is 1.58 bits per heavy atom. The highest BCUT2D eigenvalue weighted by molar-refractivity contribution is 9.10. The minimum absolute atomic E-state index is 0.0193. The van der Waals surface area contributed by atoms with Gasteiger partial charge in [-0.2, -0.15) is 0 Å². The number of nitrogen functional groups attached to an aromatic ring is 1. The summed E-state index contributed by atoms with van der Waals surface area (Å²) in [5.74, 6) is 0.700. The van der Waals surface area contributed by atoms with Crippen LogP contribution in [0.3, 0.4) is 0 Å². The highest BCUT2D eigenvalue weighted by atomic mass is 79.9. The van der Waals surface area contributed by atoms with Gasteiger partial charge in [-0.1, -0.05) is 12.1 Å². The third-order valence-electron chi connectivity index (χ3n) is 14.8. The lowest BCUT2D eigenvalue weighted by Crippen LogP contribution is -2.24. The van der Waals surface area contributed by atoms with Crippen molar-refractivity contribution in [2.45, 2.75) is 109 Å². The number of carbonyl (C=O) groups is 6. The van der Waals surface area contributed by atoms with Gasteiger partial charge in [0, 0.05) is 72.5 Å². The van der Waals surface area contributed by atoms with Crippen LogP contribution in [-0.2, 0) is 46.9 Å². The zero-order valence-electron chi connectivity index (χ0n) is 43.5. The number of pyridine rings is 2. The predicted octanol–water partition coefficient (Wildman–Crippen LogP) is 9.34. The molecule has 18 nitrogen and oxygen atoms in total. The first-order valence-corrected chi connectivity index (χ1v) is 28.0. The molecular weight excluding hydrogens is 1130 g/mol. The molecule has 0 radical (unpaired) electrons. The lowest BCUT2D eigenvalue weighted by molar-refractivity contribution is -0.120. The minimum Gasteiger partial charge on any atom is -0.396 e. The second-order valence-electron chi connectivity index (χ2n) is 21.2. The summed E-state index contributed by atoms with van der Waals surface area (Å²) in [5, 5.41) is 21.4. The summed E-state index contributed by atoms with van der Waals surface area (Å²) in [5.41, 5.74) is 10.9. The number of halogens is 5. The summed E-state index contributed by atoms with van der Waals surface area (Å²) >= 11 is 8.39. The molecule has 3 aliphatic heterocycles. The number of amides is 3. The van der Waals surface area contributed by atoms with E-state index in [0.29, 0.717) is 87.0 Å². The third kappa shape index (κ3) is 13.0. The summed E-state index contributed by atoms with van der Waals surface area (Å²) in [7, 11) is 0. The van der Waals surface area contributed by atoms with Crippen LogP contribution in [0.25, 0.3) is 23.0 Å². The van der Waals surface area contributed by atoms with Crippen LogP contribution in [0.15, 0.2) is 90.1 Å². The predicted molar refractivity (Wildman–Crippen MR) is 294 cm³/mol. The van der Waals surface area contributed by atoms with Gasteiger partial charge in [-0.25, -0.2) is 23.1 Å². The molecule has 0 unspecified atom stereocenters. The van der Waals surface area contributed by atoms with Crippen molar-refractivity contribution in [3.63, 3.8) is 0 Å². The Morgan fingerprint density at radius 1 is 0.605 bits per heavy atom. The number of hydrogen-bond acceptors (Lipinski definition) is 13. The van der Waals surface area contributed by atoms with E-state index in [0.717, 1.165) is 67.5 Å². The quantitative estimate of drug-likeness (QED) is 0.0587. The van der Waals surface area contributed by atoms with Crippen molar-refractivity contribution in [3.05, 3.63) is 152 Å². The van der Waals surface area contributed by atoms with Gasteiger partial charge in [0.25, 0.3) is 17.7 Å². The molecule has 3 aromatic carbocycles. The van der Waals surface area contributed by atoms with E-state index in [4.69, 9.17) is 17.3 Å². The van der Waals surface area contributed by atoms with Gasteiger partial charge in [0.2, 0.25) is 5.24 Å². The molecule has 23 heteroatoms. The maximum Gasteiger partial charge on any atom is 0.260 e. The van der Waals surface area contributed by atoms with Gasteiger partial charge in [0.1, 0.15) is 63.5 Å². The summed E-state index contributed by atoms with van der Waals surface area (Å²) in [6, 6.07) is 20.7. The Hall–Kier alpha value is -7.98. The average Bonchev–Trinajstić information content (AvgIpc) is 4.25. The van der Waals surface area contributed by atoms with Crippen LogP contribution >= 0.6 is 27.5 Å². The molecule has 0 saturated heterocycles. The van der Waals surface area contributed by atoms with Gasteiger partial charge in [0.15, 0.2) is 11.6 Å². The number of anilines is 2. The van der Waals surface area contributed by atoms with Gasteiger partial charge in [0.05, 0.1) is 12.2 Å². The normalized spacial score (nSPS) is 17.1. The lowest BCUT2D eigenvalue weighted by atomic mass is 10.0. The van der Waals surface area contributed by atoms with E-state index in [1.807, 2.05) is 34.9 Å². The second-order valence-corrected chi connectivity index (χ2v) is 22.4. The highest BCUT2D eigenvalue weighted by Gasteiger charge is 2.35. The molecule has 7 heterocycles. The van der Waals surface area contributed by atoms with Crippen molar-refractivity contribution in [2.24, 2.45) is 17.8 Å². The number of hydrogen-bond donors (Lipinski definition) is 3. The molecular formula is C58H53BrClF3N12O6. The second kappa shape index (κ2) is 23.2. The fourth-order valence-corrected chi connectivity index (χ4v) is 10.0. The molecule has 15 rings (SSSR count). The average molecular weight is 1190 g/mol. The number of benzene rings is 3. The van der Waals surface area contributed by atoms with Crippen molar-refractivity contribution in [2.75, 3.05) is 10.6 Å². The topological polar surface area (TPSA) is 243 Å². The summed E-state index contributed by atoms with van der Waals surface area (Å²) in [6.45, 7) is 1.01. The zero-order chi connectivity index (χ0) is 56.6. The summed E-state index contributed by atoms with van der Waals surface area (Å²) in [4.78, 5) is 79.9. The van der Waals surface area contributed by atoms with E-state index in [1.165, 1.54) is 48.1 Å². The highest BCUT2D eigenvalue weighted by Crippen LogP contribution is 2.40. The maximum atomic E-state index is 14.6. The molecule has 8 aliphatic rings. The van der Waals surface area contributed by atoms with Crippen LogP contribution in [0, 0.1) is 35.2 Å². The first-order valence-electron chi connectivity index (χ1n) is 26.8. The molecule has 7 aromatic rings. The molecule has 0 bridgehead atoms. The number of carbonyl (C=O) groups excluding carboxylic acids is 6. The number of aromatic nitrogens is 8. The van der Waals surface area contributed by atoms with E-state index in [-0.39, 0.29) is 83.2 Å². The molecule has 5 aliphatic carbocycles. The van der Waals surface area contributed by atoms with Crippen molar-refractivity contribution in [3.8, 4) is 23.0 Å². The van der Waals surface area contributed by atoms with Crippen LogP contribution in [0.4, 0.5) is 24.7 Å². The van der Waals surface area contributed by atoms with E-state index in [9.17, 15) is 41.9 Å². The Morgan fingerprint density at radius 2 is 1.09 bits per heavy atom. The number of nitrogens with zero attached hydrogens (tertiary/aromatic N) is 9. The molecule has 4 N–H and O–H groups in total. The molecule has 3 amide bonds.